The Labute approximate surface area is 131 Å². The van der Waals surface area contributed by atoms with Crippen LogP contribution in [0.2, 0.25) is 5.02 Å². The van der Waals surface area contributed by atoms with Gasteiger partial charge in [-0.25, -0.2) is 0 Å². The van der Waals surface area contributed by atoms with Crippen molar-refractivity contribution in [1.82, 2.24) is 5.32 Å². The van der Waals surface area contributed by atoms with Crippen LogP contribution in [0.4, 0.5) is 5.69 Å². The van der Waals surface area contributed by atoms with Gasteiger partial charge in [0.1, 0.15) is 0 Å². The predicted molar refractivity (Wildman–Crippen MR) is 86.3 cm³/mol. The van der Waals surface area contributed by atoms with Gasteiger partial charge >= 0.3 is 0 Å². The van der Waals surface area contributed by atoms with Crippen LogP contribution in [0, 0.1) is 0 Å². The van der Waals surface area contributed by atoms with Crippen LogP contribution in [0.15, 0.2) is 46.9 Å². The molecule has 2 aromatic rings. The van der Waals surface area contributed by atoms with Crippen molar-refractivity contribution in [2.24, 2.45) is 0 Å². The molecule has 0 unspecified atom stereocenters. The molecule has 0 spiro atoms. The zero-order chi connectivity index (χ0) is 14.5. The molecule has 0 aliphatic rings. The van der Waals surface area contributed by atoms with E-state index in [4.69, 9.17) is 11.6 Å². The molecule has 0 aliphatic carbocycles. The molecule has 0 fully saturated rings. The highest BCUT2D eigenvalue weighted by atomic mass is 79.9. The minimum Gasteiger partial charge on any atom is -0.322 e. The third kappa shape index (κ3) is 3.60. The Balaban J connectivity index is 2.19. The van der Waals surface area contributed by atoms with Crippen LogP contribution in [0.5, 0.6) is 0 Å². The summed E-state index contributed by atoms with van der Waals surface area (Å²) >= 11 is 9.43. The van der Waals surface area contributed by atoms with Crippen LogP contribution in [0.1, 0.15) is 15.9 Å². The van der Waals surface area contributed by atoms with E-state index in [1.165, 1.54) is 0 Å². The normalized spacial score (nSPS) is 10.3. The molecule has 0 aliphatic heterocycles. The average Bonchev–Trinajstić information content (AvgIpc) is 2.42. The third-order valence-corrected chi connectivity index (χ3v) is 4.06. The third-order valence-electron chi connectivity index (χ3n) is 2.76. The lowest BCUT2D eigenvalue weighted by Gasteiger charge is -2.09. The Hall–Kier alpha value is -1.36. The number of nitrogens with one attached hydrogen (secondary N) is 2. The lowest BCUT2D eigenvalue weighted by molar-refractivity contribution is 0.102. The SMILES string of the molecule is CNCc1cccc(NC(=O)c2cccc(Br)c2Cl)c1. The maximum Gasteiger partial charge on any atom is 0.257 e. The summed E-state index contributed by atoms with van der Waals surface area (Å²) < 4.78 is 0.704. The fourth-order valence-electron chi connectivity index (χ4n) is 1.84. The van der Waals surface area contributed by atoms with Crippen LogP contribution in [0.3, 0.4) is 0 Å². The number of hydrogen-bond donors (Lipinski definition) is 2. The van der Waals surface area contributed by atoms with E-state index >= 15 is 0 Å². The summed E-state index contributed by atoms with van der Waals surface area (Å²) in [4.78, 5) is 12.2. The van der Waals surface area contributed by atoms with E-state index in [1.807, 2.05) is 31.3 Å². The van der Waals surface area contributed by atoms with Crippen LogP contribution < -0.4 is 10.6 Å². The van der Waals surface area contributed by atoms with Crippen LogP contribution in [-0.4, -0.2) is 13.0 Å². The smallest absolute Gasteiger partial charge is 0.257 e. The first-order valence-electron chi connectivity index (χ1n) is 6.10. The number of amides is 1. The number of rotatable bonds is 4. The Morgan fingerprint density at radius 3 is 2.75 bits per heavy atom. The van der Waals surface area contributed by atoms with E-state index in [1.54, 1.807) is 18.2 Å². The maximum atomic E-state index is 12.2. The van der Waals surface area contributed by atoms with Gasteiger partial charge < -0.3 is 10.6 Å². The summed E-state index contributed by atoms with van der Waals surface area (Å²) in [7, 11) is 1.88. The summed E-state index contributed by atoms with van der Waals surface area (Å²) in [6, 6.07) is 13.0. The Kier molecular flexibility index (Phi) is 5.17. The van der Waals surface area contributed by atoms with Gasteiger partial charge in [-0.2, -0.15) is 0 Å². The number of hydrogen-bond acceptors (Lipinski definition) is 2. The second-order valence-corrected chi connectivity index (χ2v) is 5.52. The highest BCUT2D eigenvalue weighted by molar-refractivity contribution is 9.10. The van der Waals surface area contributed by atoms with Gasteiger partial charge in [-0.15, -0.1) is 0 Å². The molecule has 0 aromatic heterocycles. The van der Waals surface area contributed by atoms with Crippen molar-refractivity contribution in [1.29, 1.82) is 0 Å². The molecule has 2 N–H and O–H groups in total. The van der Waals surface area contributed by atoms with Crippen LogP contribution >= 0.6 is 27.5 Å². The summed E-state index contributed by atoms with van der Waals surface area (Å²) in [5.74, 6) is -0.224. The molecule has 0 atom stereocenters. The molecule has 1 amide bonds. The predicted octanol–water partition coefficient (Wildman–Crippen LogP) is 4.07. The van der Waals surface area contributed by atoms with Gasteiger partial charge in [-0.3, -0.25) is 4.79 Å². The van der Waals surface area contributed by atoms with E-state index in [0.29, 0.717) is 15.1 Å². The minimum atomic E-state index is -0.224. The van der Waals surface area contributed by atoms with Gasteiger partial charge in [0.25, 0.3) is 5.91 Å². The molecule has 0 saturated heterocycles. The minimum absolute atomic E-state index is 0.224. The molecule has 0 radical (unpaired) electrons. The quantitative estimate of drug-likeness (QED) is 0.870. The molecule has 20 heavy (non-hydrogen) atoms. The molecule has 3 nitrogen and oxygen atoms in total. The van der Waals surface area contributed by atoms with E-state index in [0.717, 1.165) is 17.8 Å². The molecule has 5 heteroatoms. The molecular weight excluding hydrogens is 340 g/mol. The molecule has 0 bridgehead atoms. The molecule has 0 heterocycles. The monoisotopic (exact) mass is 352 g/mol. The van der Waals surface area contributed by atoms with E-state index in [2.05, 4.69) is 26.6 Å². The zero-order valence-corrected chi connectivity index (χ0v) is 13.3. The molecule has 2 aromatic carbocycles. The standard InChI is InChI=1S/C15H14BrClN2O/c1-18-9-10-4-2-5-11(8-10)19-15(20)12-6-3-7-13(16)14(12)17/h2-8,18H,9H2,1H3,(H,19,20). The van der Waals surface area contributed by atoms with Crippen molar-refractivity contribution < 1.29 is 4.79 Å². The van der Waals surface area contributed by atoms with Gasteiger partial charge in [-0.05, 0) is 52.8 Å². The van der Waals surface area contributed by atoms with Gasteiger partial charge in [0.2, 0.25) is 0 Å². The van der Waals surface area contributed by atoms with Gasteiger partial charge in [0.15, 0.2) is 0 Å². The summed E-state index contributed by atoms with van der Waals surface area (Å²) in [5, 5.41) is 6.34. The van der Waals surface area contributed by atoms with Crippen molar-refractivity contribution in [3.05, 3.63) is 63.1 Å². The van der Waals surface area contributed by atoms with Crippen LogP contribution in [-0.2, 0) is 6.54 Å². The lowest BCUT2D eigenvalue weighted by Crippen LogP contribution is -2.13. The molecular formula is C15H14BrClN2O. The second kappa shape index (κ2) is 6.88. The largest absolute Gasteiger partial charge is 0.322 e. The van der Waals surface area contributed by atoms with Gasteiger partial charge in [0.05, 0.1) is 10.6 Å². The van der Waals surface area contributed by atoms with E-state index in [9.17, 15) is 4.79 Å². The first-order chi connectivity index (χ1) is 9.61. The molecule has 0 saturated carbocycles. The lowest BCUT2D eigenvalue weighted by atomic mass is 10.1. The van der Waals surface area contributed by atoms with Crippen molar-refractivity contribution in [2.75, 3.05) is 12.4 Å². The number of halogens is 2. The van der Waals surface area contributed by atoms with Crippen molar-refractivity contribution in [2.45, 2.75) is 6.54 Å². The van der Waals surface area contributed by atoms with E-state index in [-0.39, 0.29) is 5.91 Å². The summed E-state index contributed by atoms with van der Waals surface area (Å²) in [5.41, 5.74) is 2.30. The average molecular weight is 354 g/mol. The Bertz CT molecular complexity index is 631. The number of carbonyl (C=O) groups is 1. The van der Waals surface area contributed by atoms with Crippen molar-refractivity contribution >= 4 is 39.1 Å². The topological polar surface area (TPSA) is 41.1 Å². The number of carbonyl (C=O) groups excluding carboxylic acids is 1. The first-order valence-corrected chi connectivity index (χ1v) is 7.28. The fraction of sp³-hybridized carbons (Fsp3) is 0.133. The van der Waals surface area contributed by atoms with Crippen molar-refractivity contribution in [3.8, 4) is 0 Å². The second-order valence-electron chi connectivity index (χ2n) is 4.29. The maximum absolute atomic E-state index is 12.2. The highest BCUT2D eigenvalue weighted by Gasteiger charge is 2.12. The zero-order valence-electron chi connectivity index (χ0n) is 10.9. The Morgan fingerprint density at radius 1 is 1.25 bits per heavy atom. The summed E-state index contributed by atoms with van der Waals surface area (Å²) in [6.45, 7) is 0.751. The molecule has 104 valence electrons. The highest BCUT2D eigenvalue weighted by Crippen LogP contribution is 2.26. The van der Waals surface area contributed by atoms with E-state index < -0.39 is 0 Å². The number of anilines is 1. The summed E-state index contributed by atoms with van der Waals surface area (Å²) in [6.07, 6.45) is 0. The van der Waals surface area contributed by atoms with Crippen molar-refractivity contribution in [3.63, 3.8) is 0 Å². The Morgan fingerprint density at radius 2 is 2.00 bits per heavy atom. The van der Waals surface area contributed by atoms with Gasteiger partial charge in [0, 0.05) is 16.7 Å². The first kappa shape index (κ1) is 15.0. The number of benzene rings is 2. The fourth-order valence-corrected chi connectivity index (χ4v) is 2.42. The van der Waals surface area contributed by atoms with Crippen LogP contribution in [0.25, 0.3) is 0 Å². The molecule has 2 rings (SSSR count). The van der Waals surface area contributed by atoms with Gasteiger partial charge in [-0.1, -0.05) is 29.8 Å².